The third-order valence-corrected chi connectivity index (χ3v) is 5.29. The van der Waals surface area contributed by atoms with E-state index in [0.29, 0.717) is 0 Å². The molecule has 0 saturated carbocycles. The van der Waals surface area contributed by atoms with Crippen LogP contribution in [0, 0.1) is 6.92 Å². The highest BCUT2D eigenvalue weighted by Crippen LogP contribution is 2.30. The second kappa shape index (κ2) is 7.45. The summed E-state index contributed by atoms with van der Waals surface area (Å²) >= 11 is 3.51. The van der Waals surface area contributed by atoms with E-state index in [9.17, 15) is 0 Å². The lowest BCUT2D eigenvalue weighted by molar-refractivity contribution is 0.415. The van der Waals surface area contributed by atoms with Gasteiger partial charge in [0.2, 0.25) is 0 Å². The Balaban J connectivity index is 1.69. The van der Waals surface area contributed by atoms with Crippen LogP contribution >= 0.6 is 15.9 Å². The molecule has 1 aromatic heterocycles. The van der Waals surface area contributed by atoms with Crippen LogP contribution < -0.4 is 4.74 Å². The molecule has 0 radical (unpaired) electrons. The maximum atomic E-state index is 5.24. The molecule has 0 aliphatic rings. The first-order valence-electron chi connectivity index (χ1n) is 8.85. The van der Waals surface area contributed by atoms with E-state index in [2.05, 4.69) is 100 Å². The van der Waals surface area contributed by atoms with E-state index in [0.717, 1.165) is 15.9 Å². The first-order valence-corrected chi connectivity index (χ1v) is 9.64. The Kier molecular flexibility index (Phi) is 4.87. The van der Waals surface area contributed by atoms with Crippen molar-refractivity contribution in [2.75, 3.05) is 7.11 Å². The zero-order valence-corrected chi connectivity index (χ0v) is 16.9. The minimum Gasteiger partial charge on any atom is -0.497 e. The summed E-state index contributed by atoms with van der Waals surface area (Å²) < 4.78 is 8.61. The van der Waals surface area contributed by atoms with Crippen LogP contribution in [0.3, 0.4) is 0 Å². The summed E-state index contributed by atoms with van der Waals surface area (Å²) in [4.78, 5) is 0. The molecular formula is C24H20BrNO. The van der Waals surface area contributed by atoms with Crippen LogP contribution in [0.25, 0.3) is 28.1 Å². The highest BCUT2D eigenvalue weighted by atomic mass is 79.9. The number of rotatable bonds is 4. The fourth-order valence-electron chi connectivity index (χ4n) is 3.31. The highest BCUT2D eigenvalue weighted by molar-refractivity contribution is 9.10. The fraction of sp³-hybridized carbons (Fsp3) is 0.0833. The van der Waals surface area contributed by atoms with Crippen molar-refractivity contribution in [3.63, 3.8) is 0 Å². The molecule has 0 saturated heterocycles. The van der Waals surface area contributed by atoms with Crippen molar-refractivity contribution in [1.82, 2.24) is 4.57 Å². The Morgan fingerprint density at radius 1 is 0.667 bits per heavy atom. The van der Waals surface area contributed by atoms with Crippen molar-refractivity contribution in [3.05, 3.63) is 95.1 Å². The molecule has 0 unspecified atom stereocenters. The van der Waals surface area contributed by atoms with Gasteiger partial charge < -0.3 is 9.30 Å². The van der Waals surface area contributed by atoms with E-state index < -0.39 is 0 Å². The molecule has 2 nitrogen and oxygen atoms in total. The second-order valence-electron chi connectivity index (χ2n) is 6.48. The van der Waals surface area contributed by atoms with Gasteiger partial charge in [0.1, 0.15) is 5.75 Å². The van der Waals surface area contributed by atoms with Gasteiger partial charge in [0.15, 0.2) is 0 Å². The highest BCUT2D eigenvalue weighted by Gasteiger charge is 2.10. The average molecular weight is 418 g/mol. The molecule has 3 heteroatoms. The largest absolute Gasteiger partial charge is 0.497 e. The molecule has 0 aliphatic heterocycles. The predicted molar refractivity (Wildman–Crippen MR) is 116 cm³/mol. The lowest BCUT2D eigenvalue weighted by atomic mass is 10.0. The summed E-state index contributed by atoms with van der Waals surface area (Å²) in [6.07, 6.45) is 0. The number of halogens is 1. The van der Waals surface area contributed by atoms with E-state index in [1.807, 2.05) is 12.1 Å². The minimum absolute atomic E-state index is 0.873. The van der Waals surface area contributed by atoms with Crippen LogP contribution in [0.15, 0.2) is 89.4 Å². The van der Waals surface area contributed by atoms with Gasteiger partial charge in [-0.25, -0.2) is 0 Å². The summed E-state index contributed by atoms with van der Waals surface area (Å²) in [6.45, 7) is 2.14. The molecule has 0 aliphatic carbocycles. The predicted octanol–water partition coefficient (Wildman–Crippen LogP) is 6.89. The topological polar surface area (TPSA) is 14.2 Å². The van der Waals surface area contributed by atoms with Crippen LogP contribution in [0.5, 0.6) is 5.75 Å². The van der Waals surface area contributed by atoms with Gasteiger partial charge in [-0.2, -0.15) is 0 Å². The molecule has 0 amide bonds. The molecule has 4 rings (SSSR count). The first kappa shape index (κ1) is 17.6. The van der Waals surface area contributed by atoms with Crippen molar-refractivity contribution < 1.29 is 4.74 Å². The van der Waals surface area contributed by atoms with Gasteiger partial charge in [0, 0.05) is 15.9 Å². The van der Waals surface area contributed by atoms with E-state index in [1.54, 1.807) is 7.11 Å². The molecule has 0 fully saturated rings. The van der Waals surface area contributed by atoms with E-state index >= 15 is 0 Å². The lowest BCUT2D eigenvalue weighted by Gasteiger charge is -2.13. The molecule has 4 aromatic rings. The monoisotopic (exact) mass is 417 g/mol. The van der Waals surface area contributed by atoms with Gasteiger partial charge in [0.25, 0.3) is 0 Å². The number of methoxy groups -OCH3 is 1. The molecule has 134 valence electrons. The van der Waals surface area contributed by atoms with Gasteiger partial charge in [-0.3, -0.25) is 0 Å². The molecule has 0 N–H and O–H groups in total. The van der Waals surface area contributed by atoms with Gasteiger partial charge >= 0.3 is 0 Å². The quantitative estimate of drug-likeness (QED) is 0.352. The Morgan fingerprint density at radius 3 is 1.81 bits per heavy atom. The van der Waals surface area contributed by atoms with Crippen LogP contribution in [0.1, 0.15) is 5.69 Å². The SMILES string of the molecule is COc1ccc(-c2ccc(-c3ccc(C)n3-c3ccc(Br)cc3)cc2)cc1. The van der Waals surface area contributed by atoms with Crippen LogP contribution in [0.4, 0.5) is 0 Å². The molecule has 27 heavy (non-hydrogen) atoms. The number of aromatic nitrogens is 1. The summed E-state index contributed by atoms with van der Waals surface area (Å²) in [7, 11) is 1.69. The summed E-state index contributed by atoms with van der Waals surface area (Å²) in [6, 6.07) is 29.6. The smallest absolute Gasteiger partial charge is 0.118 e. The Morgan fingerprint density at radius 2 is 1.22 bits per heavy atom. The average Bonchev–Trinajstić information content (AvgIpc) is 3.10. The zero-order valence-electron chi connectivity index (χ0n) is 15.3. The third-order valence-electron chi connectivity index (χ3n) is 4.76. The maximum absolute atomic E-state index is 5.24. The third kappa shape index (κ3) is 3.56. The van der Waals surface area contributed by atoms with Crippen LogP contribution in [0.2, 0.25) is 0 Å². The standard InChI is InChI=1S/C24H20BrNO/c1-17-3-16-24(26(17)22-12-10-21(25)11-13-22)20-6-4-18(5-7-20)19-8-14-23(27-2)15-9-19/h3-16H,1-2H3. The molecular weight excluding hydrogens is 398 g/mol. The van der Waals surface area contributed by atoms with E-state index in [1.165, 1.54) is 28.1 Å². The number of benzene rings is 3. The molecule has 0 atom stereocenters. The Bertz CT molecular complexity index is 1050. The van der Waals surface area contributed by atoms with E-state index in [-0.39, 0.29) is 0 Å². The molecule has 3 aromatic carbocycles. The normalized spacial score (nSPS) is 10.8. The van der Waals surface area contributed by atoms with Crippen molar-refractivity contribution in [3.8, 4) is 33.8 Å². The van der Waals surface area contributed by atoms with Gasteiger partial charge in [0.05, 0.1) is 12.8 Å². The number of ether oxygens (including phenoxy) is 1. The molecule has 0 bridgehead atoms. The summed E-state index contributed by atoms with van der Waals surface area (Å²) in [5.74, 6) is 0.873. The van der Waals surface area contributed by atoms with E-state index in [4.69, 9.17) is 4.74 Å². The van der Waals surface area contributed by atoms with Crippen molar-refractivity contribution in [2.45, 2.75) is 6.92 Å². The lowest BCUT2D eigenvalue weighted by Crippen LogP contribution is -1.98. The van der Waals surface area contributed by atoms with Crippen molar-refractivity contribution in [1.29, 1.82) is 0 Å². The van der Waals surface area contributed by atoms with Crippen LogP contribution in [-0.4, -0.2) is 11.7 Å². The summed E-state index contributed by atoms with van der Waals surface area (Å²) in [5.41, 5.74) is 7.14. The summed E-state index contributed by atoms with van der Waals surface area (Å²) in [5, 5.41) is 0. The van der Waals surface area contributed by atoms with Crippen molar-refractivity contribution >= 4 is 15.9 Å². The van der Waals surface area contributed by atoms with Crippen LogP contribution in [-0.2, 0) is 0 Å². The fourth-order valence-corrected chi connectivity index (χ4v) is 3.58. The number of hydrogen-bond donors (Lipinski definition) is 0. The molecule has 0 spiro atoms. The number of aryl methyl sites for hydroxylation is 1. The first-order chi connectivity index (χ1) is 13.2. The van der Waals surface area contributed by atoms with Gasteiger partial charge in [-0.1, -0.05) is 52.3 Å². The minimum atomic E-state index is 0.873. The Labute approximate surface area is 168 Å². The number of hydrogen-bond acceptors (Lipinski definition) is 1. The zero-order chi connectivity index (χ0) is 18.8. The van der Waals surface area contributed by atoms with Crippen molar-refractivity contribution in [2.24, 2.45) is 0 Å². The number of nitrogens with zero attached hydrogens (tertiary/aromatic N) is 1. The van der Waals surface area contributed by atoms with Gasteiger partial charge in [-0.05, 0) is 72.1 Å². The Hall–Kier alpha value is -2.78. The van der Waals surface area contributed by atoms with Gasteiger partial charge in [-0.15, -0.1) is 0 Å². The second-order valence-corrected chi connectivity index (χ2v) is 7.39. The molecule has 1 heterocycles. The maximum Gasteiger partial charge on any atom is 0.118 e.